The molecule has 1 aliphatic carbocycles. The van der Waals surface area contributed by atoms with Crippen molar-refractivity contribution in [2.24, 2.45) is 0 Å². The Morgan fingerprint density at radius 3 is 2.54 bits per heavy atom. The molecule has 0 unspecified atom stereocenters. The van der Waals surface area contributed by atoms with Gasteiger partial charge in [-0.15, -0.1) is 0 Å². The van der Waals surface area contributed by atoms with Crippen molar-refractivity contribution < 1.29 is 9.59 Å². The monoisotopic (exact) mass is 330 g/mol. The highest BCUT2D eigenvalue weighted by atomic mass is 16.2. The summed E-state index contributed by atoms with van der Waals surface area (Å²) in [5.74, 6) is -0.0144. The van der Waals surface area contributed by atoms with Crippen LogP contribution in [0.15, 0.2) is 18.3 Å². The van der Waals surface area contributed by atoms with Gasteiger partial charge in [-0.3, -0.25) is 9.78 Å². The smallest absolute Gasteiger partial charge is 0.315 e. The third kappa shape index (κ3) is 4.24. The van der Waals surface area contributed by atoms with Gasteiger partial charge in [0.2, 0.25) is 0 Å². The number of urea groups is 1. The number of nitrogens with zero attached hydrogens (tertiary/aromatic N) is 2. The van der Waals surface area contributed by atoms with Crippen molar-refractivity contribution in [2.75, 3.05) is 13.1 Å². The molecular formula is C18H26N4O2. The molecule has 0 radical (unpaired) electrons. The summed E-state index contributed by atoms with van der Waals surface area (Å²) in [6.07, 6.45) is 8.22. The normalized spacial score (nSPS) is 21.5. The summed E-state index contributed by atoms with van der Waals surface area (Å²) in [7, 11) is 0. The Hall–Kier alpha value is -2.11. The summed E-state index contributed by atoms with van der Waals surface area (Å²) < 4.78 is 0. The van der Waals surface area contributed by atoms with E-state index in [0.29, 0.717) is 24.7 Å². The van der Waals surface area contributed by atoms with Crippen LogP contribution in [0.4, 0.5) is 4.79 Å². The number of nitrogens with one attached hydrogen (secondary N) is 2. The molecule has 2 N–H and O–H groups in total. The number of carbonyl (C=O) groups is 2. The van der Waals surface area contributed by atoms with Crippen molar-refractivity contribution in [3.63, 3.8) is 0 Å². The molecular weight excluding hydrogens is 304 g/mol. The minimum absolute atomic E-state index is 0.0144. The average Bonchev–Trinajstić information content (AvgIpc) is 3.04. The van der Waals surface area contributed by atoms with Crippen molar-refractivity contribution in [1.82, 2.24) is 20.5 Å². The van der Waals surface area contributed by atoms with Crippen LogP contribution in [-0.2, 0) is 0 Å². The highest BCUT2D eigenvalue weighted by Gasteiger charge is 2.28. The van der Waals surface area contributed by atoms with Crippen LogP contribution >= 0.6 is 0 Å². The van der Waals surface area contributed by atoms with Gasteiger partial charge in [0.1, 0.15) is 0 Å². The molecule has 0 aromatic carbocycles. The maximum absolute atomic E-state index is 12.5. The van der Waals surface area contributed by atoms with E-state index in [1.54, 1.807) is 17.2 Å². The lowest BCUT2D eigenvalue weighted by Crippen LogP contribution is -2.47. The van der Waals surface area contributed by atoms with Crippen molar-refractivity contribution in [2.45, 2.75) is 57.5 Å². The van der Waals surface area contributed by atoms with E-state index in [0.717, 1.165) is 25.0 Å². The second-order valence-corrected chi connectivity index (χ2v) is 6.88. The second-order valence-electron chi connectivity index (χ2n) is 6.88. The van der Waals surface area contributed by atoms with Gasteiger partial charge in [-0.05, 0) is 38.3 Å². The molecule has 6 nitrogen and oxygen atoms in total. The van der Waals surface area contributed by atoms with Crippen LogP contribution in [0.2, 0.25) is 0 Å². The van der Waals surface area contributed by atoms with E-state index in [-0.39, 0.29) is 18.0 Å². The third-order valence-electron chi connectivity index (χ3n) is 4.91. The largest absolute Gasteiger partial charge is 0.336 e. The first-order valence-electron chi connectivity index (χ1n) is 8.91. The summed E-state index contributed by atoms with van der Waals surface area (Å²) in [6.45, 7) is 3.13. The van der Waals surface area contributed by atoms with Gasteiger partial charge in [0.05, 0.1) is 5.56 Å². The van der Waals surface area contributed by atoms with Gasteiger partial charge in [-0.1, -0.05) is 19.3 Å². The molecule has 3 amide bonds. The van der Waals surface area contributed by atoms with Crippen molar-refractivity contribution >= 4 is 11.9 Å². The minimum atomic E-state index is -0.0989. The molecule has 1 aromatic heterocycles. The van der Waals surface area contributed by atoms with Gasteiger partial charge in [-0.25, -0.2) is 4.79 Å². The highest BCUT2D eigenvalue weighted by Crippen LogP contribution is 2.17. The third-order valence-corrected chi connectivity index (χ3v) is 4.91. The zero-order valence-corrected chi connectivity index (χ0v) is 14.3. The maximum atomic E-state index is 12.5. The van der Waals surface area contributed by atoms with Crippen LogP contribution in [0.5, 0.6) is 0 Å². The Morgan fingerprint density at radius 2 is 1.83 bits per heavy atom. The van der Waals surface area contributed by atoms with E-state index in [4.69, 9.17) is 0 Å². The van der Waals surface area contributed by atoms with Crippen LogP contribution in [0.1, 0.15) is 54.6 Å². The SMILES string of the molecule is Cc1ccc(C(=O)N2CC[C@@H](NC(=O)NC3CCCCC3)C2)cn1. The topological polar surface area (TPSA) is 74.3 Å². The lowest BCUT2D eigenvalue weighted by Gasteiger charge is -2.24. The lowest BCUT2D eigenvalue weighted by atomic mass is 9.96. The molecule has 2 heterocycles. The lowest BCUT2D eigenvalue weighted by molar-refractivity contribution is 0.0789. The standard InChI is InChI=1S/C18H26N4O2/c1-13-7-8-14(11-19-13)17(23)22-10-9-16(12-22)21-18(24)20-15-5-3-2-4-6-15/h7-8,11,15-16H,2-6,9-10,12H2,1H3,(H2,20,21,24)/t16-/m1/s1. The van der Waals surface area contributed by atoms with Gasteiger partial charge in [0, 0.05) is 37.1 Å². The molecule has 0 spiro atoms. The molecule has 3 rings (SSSR count). The summed E-state index contributed by atoms with van der Waals surface area (Å²) in [4.78, 5) is 30.5. The number of amides is 3. The van der Waals surface area contributed by atoms with Gasteiger partial charge < -0.3 is 15.5 Å². The Balaban J connectivity index is 1.47. The number of rotatable bonds is 3. The summed E-state index contributed by atoms with van der Waals surface area (Å²) in [5, 5.41) is 6.08. The summed E-state index contributed by atoms with van der Waals surface area (Å²) in [5.41, 5.74) is 1.50. The average molecular weight is 330 g/mol. The zero-order chi connectivity index (χ0) is 16.9. The van der Waals surface area contributed by atoms with Gasteiger partial charge in [-0.2, -0.15) is 0 Å². The number of carbonyl (C=O) groups excluding carboxylic acids is 2. The maximum Gasteiger partial charge on any atom is 0.315 e. The van der Waals surface area contributed by atoms with Gasteiger partial charge >= 0.3 is 6.03 Å². The van der Waals surface area contributed by atoms with Crippen LogP contribution in [-0.4, -0.2) is 47.0 Å². The molecule has 24 heavy (non-hydrogen) atoms. The molecule has 1 aliphatic heterocycles. The Kier molecular flexibility index (Phi) is 5.33. The van der Waals surface area contributed by atoms with Crippen LogP contribution in [0.25, 0.3) is 0 Å². The molecule has 1 aromatic rings. The molecule has 6 heteroatoms. The molecule has 1 atom stereocenters. The van der Waals surface area contributed by atoms with E-state index >= 15 is 0 Å². The first-order chi connectivity index (χ1) is 11.6. The summed E-state index contributed by atoms with van der Waals surface area (Å²) in [6, 6.07) is 3.88. The Morgan fingerprint density at radius 1 is 1.08 bits per heavy atom. The fraction of sp³-hybridized carbons (Fsp3) is 0.611. The number of pyridine rings is 1. The van der Waals surface area contributed by atoms with E-state index < -0.39 is 0 Å². The number of likely N-dealkylation sites (tertiary alicyclic amines) is 1. The zero-order valence-electron chi connectivity index (χ0n) is 14.3. The number of hydrogen-bond donors (Lipinski definition) is 2. The molecule has 2 aliphatic rings. The minimum Gasteiger partial charge on any atom is -0.336 e. The fourth-order valence-electron chi connectivity index (χ4n) is 3.50. The van der Waals surface area contributed by atoms with Crippen LogP contribution in [0.3, 0.4) is 0 Å². The summed E-state index contributed by atoms with van der Waals surface area (Å²) >= 11 is 0. The second kappa shape index (κ2) is 7.64. The number of hydrogen-bond acceptors (Lipinski definition) is 3. The van der Waals surface area contributed by atoms with E-state index in [2.05, 4.69) is 15.6 Å². The first kappa shape index (κ1) is 16.7. The van der Waals surface area contributed by atoms with Gasteiger partial charge in [0.25, 0.3) is 5.91 Å². The van der Waals surface area contributed by atoms with E-state index in [1.165, 1.54) is 19.3 Å². The van der Waals surface area contributed by atoms with Gasteiger partial charge in [0.15, 0.2) is 0 Å². The predicted molar refractivity (Wildman–Crippen MR) is 91.8 cm³/mol. The number of aryl methyl sites for hydroxylation is 1. The van der Waals surface area contributed by atoms with E-state index in [9.17, 15) is 9.59 Å². The van der Waals surface area contributed by atoms with E-state index in [1.807, 2.05) is 13.0 Å². The Bertz CT molecular complexity index is 581. The van der Waals surface area contributed by atoms with Crippen molar-refractivity contribution in [3.05, 3.63) is 29.6 Å². The molecule has 0 bridgehead atoms. The molecule has 130 valence electrons. The molecule has 2 fully saturated rings. The number of aromatic nitrogens is 1. The van der Waals surface area contributed by atoms with Crippen LogP contribution < -0.4 is 10.6 Å². The fourth-order valence-corrected chi connectivity index (χ4v) is 3.50. The van der Waals surface area contributed by atoms with Crippen molar-refractivity contribution in [1.29, 1.82) is 0 Å². The predicted octanol–water partition coefficient (Wildman–Crippen LogP) is 2.24. The molecule has 1 saturated heterocycles. The molecule has 1 saturated carbocycles. The Labute approximate surface area is 143 Å². The highest BCUT2D eigenvalue weighted by molar-refractivity contribution is 5.94. The quantitative estimate of drug-likeness (QED) is 0.892. The van der Waals surface area contributed by atoms with Crippen molar-refractivity contribution in [3.8, 4) is 0 Å². The first-order valence-corrected chi connectivity index (χ1v) is 8.91. The van der Waals surface area contributed by atoms with Crippen LogP contribution in [0, 0.1) is 6.92 Å².